The van der Waals surface area contributed by atoms with E-state index in [-0.39, 0.29) is 72.8 Å². The van der Waals surface area contributed by atoms with Gasteiger partial charge in [-0.25, -0.2) is 0 Å². The predicted molar refractivity (Wildman–Crippen MR) is 424 cm³/mol. The Kier molecular flexibility index (Phi) is 36.6. The second kappa shape index (κ2) is 44.3. The molecule has 6 amide bonds. The molecule has 4 atom stereocenters. The average molecular weight is 1490 g/mol. The first-order valence-electron chi connectivity index (χ1n) is 38.6. The Labute approximate surface area is 637 Å². The molecule has 1 unspecified atom stereocenters. The van der Waals surface area contributed by atoms with E-state index >= 15 is 0 Å². The van der Waals surface area contributed by atoms with Crippen molar-refractivity contribution < 1.29 is 57.2 Å². The van der Waals surface area contributed by atoms with Crippen molar-refractivity contribution in [2.45, 2.75) is 224 Å². The quantitative estimate of drug-likeness (QED) is 0.0278. The summed E-state index contributed by atoms with van der Waals surface area (Å²) in [5, 5.41) is 26.3. The zero-order valence-corrected chi connectivity index (χ0v) is 68.4. The van der Waals surface area contributed by atoms with Gasteiger partial charge in [-0.2, -0.15) is 15.3 Å². The van der Waals surface area contributed by atoms with Crippen molar-refractivity contribution >= 4 is 35.4 Å². The minimum Gasteiger partial charge on any atom is -0.496 e. The third kappa shape index (κ3) is 27.0. The topological polar surface area (TPSA) is 266 Å². The highest BCUT2D eigenvalue weighted by atomic mass is 16.5. The van der Waals surface area contributed by atoms with Crippen LogP contribution in [0.5, 0.6) is 34.5 Å². The number of aromatic nitrogens is 6. The zero-order valence-electron chi connectivity index (χ0n) is 68.4. The number of carbonyl (C=O) groups is 6. The summed E-state index contributed by atoms with van der Waals surface area (Å²) in [4.78, 5) is 81.4. The van der Waals surface area contributed by atoms with Crippen LogP contribution in [0.1, 0.15) is 212 Å². The Morgan fingerprint density at radius 3 is 1.02 bits per heavy atom. The second-order valence-corrected chi connectivity index (χ2v) is 30.0. The van der Waals surface area contributed by atoms with Crippen LogP contribution in [-0.4, -0.2) is 169 Å². The molecule has 1 aliphatic carbocycles. The summed E-state index contributed by atoms with van der Waals surface area (Å²) < 4.78 is 39.3. The maximum atomic E-state index is 13.5. The van der Waals surface area contributed by atoms with Gasteiger partial charge in [0.2, 0.25) is 17.7 Å². The molecule has 1 fully saturated rings. The minimum atomic E-state index is -0.289. The van der Waals surface area contributed by atoms with Crippen molar-refractivity contribution in [1.29, 1.82) is 0 Å². The minimum absolute atomic E-state index is 0.0155. The van der Waals surface area contributed by atoms with Crippen molar-refractivity contribution in [2.75, 3.05) is 69.8 Å². The first-order chi connectivity index (χ1) is 51.0. The van der Waals surface area contributed by atoms with Gasteiger partial charge in [-0.15, -0.1) is 0 Å². The number of carbonyl (C=O) groups excluding carboxylic acids is 6. The predicted octanol–water partition coefficient (Wildman–Crippen LogP) is 14.5. The van der Waals surface area contributed by atoms with E-state index in [1.165, 1.54) is 0 Å². The number of methoxy groups -OCH3 is 6. The molecule has 107 heavy (non-hydrogen) atoms. The SMILES string of the molecule is CCCN(C)C(=O)C[C@H](CC(C)C)NC(=O)c1cc(-c2c(OC)cccc2OC)n(CC(C)CC)n1.CCCN(C)C(=O)C[C@H](CC(C)C)NC(=O)c1cc(-c2c(OC)cccc2OC)n(CC(CC)CC)n1.COc1cccc(OC)c1-c1cc(C(=O)N[C@H](CC(=O)NC2CC2)CC(C)C)nn1CC(C)C. The number of nitrogens with one attached hydrogen (secondary N) is 4. The fraction of sp³-hybridized carbons (Fsp3) is 0.602. The Morgan fingerprint density at radius 1 is 0.439 bits per heavy atom. The van der Waals surface area contributed by atoms with Gasteiger partial charge < -0.3 is 59.5 Å². The summed E-state index contributed by atoms with van der Waals surface area (Å²) in [6.45, 7) is 32.8. The summed E-state index contributed by atoms with van der Waals surface area (Å²) >= 11 is 0. The maximum absolute atomic E-state index is 13.5. The van der Waals surface area contributed by atoms with Crippen molar-refractivity contribution in [1.82, 2.24) is 60.4 Å². The molecule has 24 nitrogen and oxygen atoms in total. The molecule has 0 spiro atoms. The lowest BCUT2D eigenvalue weighted by atomic mass is 10.00. The van der Waals surface area contributed by atoms with E-state index in [1.54, 1.807) is 70.7 Å². The van der Waals surface area contributed by atoms with E-state index in [1.807, 2.05) is 96.6 Å². The van der Waals surface area contributed by atoms with E-state index < -0.39 is 0 Å². The lowest BCUT2D eigenvalue weighted by molar-refractivity contribution is -0.131. The molecular weight excluding hydrogens is 1360 g/mol. The molecule has 0 bridgehead atoms. The van der Waals surface area contributed by atoms with Gasteiger partial charge in [-0.3, -0.25) is 42.8 Å². The summed E-state index contributed by atoms with van der Waals surface area (Å²) in [6, 6.07) is 21.7. The van der Waals surface area contributed by atoms with Crippen molar-refractivity contribution in [2.24, 2.45) is 35.5 Å². The fourth-order valence-corrected chi connectivity index (χ4v) is 12.9. The molecule has 4 N–H and O–H groups in total. The van der Waals surface area contributed by atoms with Crippen LogP contribution in [0.2, 0.25) is 0 Å². The van der Waals surface area contributed by atoms with Crippen LogP contribution in [0, 0.1) is 35.5 Å². The molecule has 0 saturated heterocycles. The Morgan fingerprint density at radius 2 is 0.748 bits per heavy atom. The van der Waals surface area contributed by atoms with E-state index in [4.69, 9.17) is 38.6 Å². The van der Waals surface area contributed by atoms with E-state index in [0.717, 1.165) is 78.7 Å². The zero-order chi connectivity index (χ0) is 79.2. The highest BCUT2D eigenvalue weighted by Gasteiger charge is 2.31. The lowest BCUT2D eigenvalue weighted by Crippen LogP contribution is -2.40. The van der Waals surface area contributed by atoms with Gasteiger partial charge in [0.1, 0.15) is 34.5 Å². The van der Waals surface area contributed by atoms with Gasteiger partial charge in [-0.05, 0) is 135 Å². The number of hydrogen-bond donors (Lipinski definition) is 4. The monoisotopic (exact) mass is 1480 g/mol. The van der Waals surface area contributed by atoms with E-state index in [0.29, 0.717) is 145 Å². The molecule has 24 heteroatoms. The highest BCUT2D eigenvalue weighted by Crippen LogP contribution is 2.42. The van der Waals surface area contributed by atoms with Crippen LogP contribution in [-0.2, 0) is 34.0 Å². The lowest BCUT2D eigenvalue weighted by Gasteiger charge is -2.23. The number of nitrogens with zero attached hydrogens (tertiary/aromatic N) is 8. The Hall–Kier alpha value is -9.09. The standard InChI is InChI=1S/C29H46N4O4.C28H44N4O4.C26H38N4O4/c1-9-15-32(6)27(34)17-22(16-20(4)5)30-29(35)23-18-24(33(31-23)19-21(10-2)11-3)28-25(36-7)13-12-14-26(28)37-8;1-9-14-31(6)26(33)16-21(15-19(3)4)29-28(34)22-17-23(32(30-22)18-20(5)10-2)27-24(35-7)12-11-13-25(27)36-8;1-16(2)12-19(13-24(31)27-18-10-11-18)28-26(32)20-14-21(30(29-20)15-17(3)4)25-22(33-5)8-7-9-23(25)34-6/h12-14,18,20-22H,9-11,15-17,19H2,1-8H3,(H,30,35);11-13,17,19-21H,9-10,14-16,18H2,1-8H3,(H,29,34);7-9,14,16-19H,10-13,15H2,1-6H3,(H,27,31)(H,28,32)/t22-;20?,21-;19-/m000/s1. The van der Waals surface area contributed by atoms with Crippen LogP contribution in [0.25, 0.3) is 33.8 Å². The van der Waals surface area contributed by atoms with Gasteiger partial charge in [0.25, 0.3) is 17.7 Å². The average Bonchev–Trinajstić information content (AvgIpc) is 1.69. The Balaban J connectivity index is 0.000000288. The molecule has 1 saturated carbocycles. The molecule has 3 aromatic carbocycles. The Bertz CT molecular complexity index is 3710. The molecule has 0 radical (unpaired) electrons. The van der Waals surface area contributed by atoms with Gasteiger partial charge in [0.05, 0.1) is 76.4 Å². The molecule has 7 rings (SSSR count). The van der Waals surface area contributed by atoms with Gasteiger partial charge in [-0.1, -0.05) is 134 Å². The molecular formula is C83H128N12O12. The summed E-state index contributed by atoms with van der Waals surface area (Å²) in [7, 11) is 13.3. The van der Waals surface area contributed by atoms with Crippen LogP contribution >= 0.6 is 0 Å². The van der Waals surface area contributed by atoms with Crippen LogP contribution in [0.15, 0.2) is 72.8 Å². The van der Waals surface area contributed by atoms with Crippen LogP contribution in [0.3, 0.4) is 0 Å². The van der Waals surface area contributed by atoms with Crippen LogP contribution < -0.4 is 49.7 Å². The third-order valence-electron chi connectivity index (χ3n) is 18.9. The number of rotatable bonds is 41. The third-order valence-corrected chi connectivity index (χ3v) is 18.9. The summed E-state index contributed by atoms with van der Waals surface area (Å²) in [5.41, 5.74) is 5.48. The van der Waals surface area contributed by atoms with E-state index in [2.05, 4.69) is 109 Å². The first-order valence-corrected chi connectivity index (χ1v) is 38.6. The maximum Gasteiger partial charge on any atom is 0.272 e. The largest absolute Gasteiger partial charge is 0.496 e. The molecule has 3 heterocycles. The van der Waals surface area contributed by atoms with E-state index in [9.17, 15) is 28.8 Å². The molecule has 6 aromatic rings. The number of amides is 6. The number of benzene rings is 3. The van der Waals surface area contributed by atoms with Gasteiger partial charge >= 0.3 is 0 Å². The molecule has 0 aliphatic heterocycles. The second-order valence-electron chi connectivity index (χ2n) is 30.0. The normalized spacial score (nSPS) is 13.0. The number of hydrogen-bond acceptors (Lipinski definition) is 15. The molecule has 3 aromatic heterocycles. The fourth-order valence-electron chi connectivity index (χ4n) is 12.9. The molecule has 592 valence electrons. The van der Waals surface area contributed by atoms with Crippen LogP contribution in [0.4, 0.5) is 0 Å². The first kappa shape index (κ1) is 88.5. The highest BCUT2D eigenvalue weighted by molar-refractivity contribution is 5.96. The summed E-state index contributed by atoms with van der Waals surface area (Å²) in [5.74, 6) is 5.16. The van der Waals surface area contributed by atoms with Crippen molar-refractivity contribution in [3.05, 3.63) is 89.9 Å². The van der Waals surface area contributed by atoms with Gasteiger partial charge in [0, 0.05) is 90.2 Å². The van der Waals surface area contributed by atoms with Crippen molar-refractivity contribution in [3.63, 3.8) is 0 Å². The smallest absolute Gasteiger partial charge is 0.272 e. The van der Waals surface area contributed by atoms with Crippen molar-refractivity contribution in [3.8, 4) is 68.3 Å². The van der Waals surface area contributed by atoms with Gasteiger partial charge in [0.15, 0.2) is 17.1 Å². The molecule has 1 aliphatic rings. The number of ether oxygens (including phenoxy) is 6. The summed E-state index contributed by atoms with van der Waals surface area (Å²) in [6.07, 6.45) is 9.77.